The summed E-state index contributed by atoms with van der Waals surface area (Å²) in [7, 11) is 0. The lowest BCUT2D eigenvalue weighted by atomic mass is 9.99. The van der Waals surface area contributed by atoms with Crippen LogP contribution in [0.3, 0.4) is 0 Å². The lowest BCUT2D eigenvalue weighted by molar-refractivity contribution is -0.118. The van der Waals surface area contributed by atoms with E-state index >= 15 is 0 Å². The van der Waals surface area contributed by atoms with E-state index in [1.165, 1.54) is 35.7 Å². The number of imidazole rings is 1. The highest BCUT2D eigenvalue weighted by Crippen LogP contribution is 2.23. The Morgan fingerprint density at radius 1 is 1.30 bits per heavy atom. The van der Waals surface area contributed by atoms with E-state index in [4.69, 9.17) is 0 Å². The number of hydrogen-bond acceptors (Lipinski definition) is 4. The predicted octanol–water partition coefficient (Wildman–Crippen LogP) is 3.43. The van der Waals surface area contributed by atoms with E-state index in [9.17, 15) is 4.79 Å². The van der Waals surface area contributed by atoms with Gasteiger partial charge in [0.25, 0.3) is 0 Å². The van der Waals surface area contributed by atoms with Crippen molar-refractivity contribution in [2.24, 2.45) is 5.92 Å². The van der Waals surface area contributed by atoms with Crippen LogP contribution in [-0.4, -0.2) is 52.3 Å². The molecule has 0 bridgehead atoms. The summed E-state index contributed by atoms with van der Waals surface area (Å²) in [6, 6.07) is 6.38. The van der Waals surface area contributed by atoms with Gasteiger partial charge in [-0.2, -0.15) is 0 Å². The molecule has 2 aromatic rings. The molecule has 3 rings (SSSR count). The van der Waals surface area contributed by atoms with Crippen LogP contribution in [0.4, 0.5) is 0 Å². The summed E-state index contributed by atoms with van der Waals surface area (Å²) in [6.45, 7) is 10.5. The number of nitrogens with zero attached hydrogens (tertiary/aromatic N) is 3. The molecule has 146 valence electrons. The minimum absolute atomic E-state index is 0.0703. The van der Waals surface area contributed by atoms with E-state index in [2.05, 4.69) is 58.7 Å². The number of rotatable bonds is 7. The quantitative estimate of drug-likeness (QED) is 0.741. The van der Waals surface area contributed by atoms with E-state index in [1.807, 2.05) is 6.20 Å². The summed E-state index contributed by atoms with van der Waals surface area (Å²) in [4.78, 5) is 19.1. The highest BCUT2D eigenvalue weighted by atomic mass is 32.2. The van der Waals surface area contributed by atoms with Crippen LogP contribution >= 0.6 is 11.8 Å². The minimum atomic E-state index is 0.0703. The zero-order valence-corrected chi connectivity index (χ0v) is 17.4. The maximum Gasteiger partial charge on any atom is 0.230 e. The van der Waals surface area contributed by atoms with Crippen molar-refractivity contribution in [2.75, 3.05) is 31.9 Å². The van der Waals surface area contributed by atoms with Gasteiger partial charge in [-0.3, -0.25) is 9.36 Å². The molecule has 1 aromatic heterocycles. The van der Waals surface area contributed by atoms with E-state index in [-0.39, 0.29) is 5.91 Å². The molecule has 6 heteroatoms. The zero-order chi connectivity index (χ0) is 19.2. The Morgan fingerprint density at radius 3 is 2.85 bits per heavy atom. The maximum atomic E-state index is 12.2. The molecule has 1 aromatic carbocycles. The summed E-state index contributed by atoms with van der Waals surface area (Å²) >= 11 is 1.48. The number of aryl methyl sites for hydroxylation is 2. The lowest BCUT2D eigenvalue weighted by Crippen LogP contribution is -2.39. The van der Waals surface area contributed by atoms with E-state index in [1.54, 1.807) is 6.20 Å². The molecule has 1 amide bonds. The summed E-state index contributed by atoms with van der Waals surface area (Å²) in [5, 5.41) is 3.90. The Morgan fingerprint density at radius 2 is 2.07 bits per heavy atom. The fraction of sp³-hybridized carbons (Fsp3) is 0.524. The smallest absolute Gasteiger partial charge is 0.230 e. The molecule has 1 aliphatic heterocycles. The van der Waals surface area contributed by atoms with Crippen LogP contribution in [0.5, 0.6) is 0 Å². The normalized spacial score (nSPS) is 15.8. The topological polar surface area (TPSA) is 50.2 Å². The van der Waals surface area contributed by atoms with Gasteiger partial charge in [0.2, 0.25) is 5.91 Å². The first-order chi connectivity index (χ1) is 13.0. The third-order valence-corrected chi connectivity index (χ3v) is 6.16. The summed E-state index contributed by atoms with van der Waals surface area (Å²) in [6.07, 6.45) is 6.29. The van der Waals surface area contributed by atoms with Gasteiger partial charge in [-0.1, -0.05) is 30.8 Å². The van der Waals surface area contributed by atoms with Crippen LogP contribution in [0, 0.1) is 19.8 Å². The largest absolute Gasteiger partial charge is 0.354 e. The molecule has 1 N–H and O–H groups in total. The molecule has 0 atom stereocenters. The average Bonchev–Trinajstić information content (AvgIpc) is 3.12. The molecule has 0 aliphatic carbocycles. The van der Waals surface area contributed by atoms with Crippen molar-refractivity contribution in [1.82, 2.24) is 19.8 Å². The van der Waals surface area contributed by atoms with Crippen LogP contribution in [0.2, 0.25) is 0 Å². The monoisotopic (exact) mass is 386 g/mol. The Kier molecular flexibility index (Phi) is 6.96. The van der Waals surface area contributed by atoms with Crippen LogP contribution < -0.4 is 5.32 Å². The van der Waals surface area contributed by atoms with Gasteiger partial charge >= 0.3 is 0 Å². The number of hydrogen-bond donors (Lipinski definition) is 1. The molecule has 0 saturated carbocycles. The molecule has 5 nitrogen and oxygen atoms in total. The van der Waals surface area contributed by atoms with Crippen molar-refractivity contribution in [2.45, 2.75) is 38.8 Å². The van der Waals surface area contributed by atoms with Crippen molar-refractivity contribution >= 4 is 17.7 Å². The van der Waals surface area contributed by atoms with Gasteiger partial charge < -0.3 is 10.2 Å². The van der Waals surface area contributed by atoms with Crippen LogP contribution in [0.15, 0.2) is 35.7 Å². The second-order valence-electron chi connectivity index (χ2n) is 7.53. The number of amides is 1. The maximum absolute atomic E-state index is 12.2. The fourth-order valence-electron chi connectivity index (χ4n) is 3.38. The number of thioether (sulfide) groups is 1. The number of benzene rings is 1. The van der Waals surface area contributed by atoms with Gasteiger partial charge in [-0.25, -0.2) is 4.98 Å². The molecule has 2 heterocycles. The summed E-state index contributed by atoms with van der Waals surface area (Å²) < 4.78 is 2.06. The molecule has 1 fully saturated rings. The third-order valence-electron chi connectivity index (χ3n) is 5.19. The lowest BCUT2D eigenvalue weighted by Gasteiger charge is -2.30. The van der Waals surface area contributed by atoms with Crippen LogP contribution in [0.25, 0.3) is 5.69 Å². The van der Waals surface area contributed by atoms with E-state index in [0.29, 0.717) is 5.75 Å². The highest BCUT2D eigenvalue weighted by Gasteiger charge is 2.15. The van der Waals surface area contributed by atoms with Crippen LogP contribution in [-0.2, 0) is 4.79 Å². The molecule has 27 heavy (non-hydrogen) atoms. The molecule has 0 spiro atoms. The number of carbonyl (C=O) groups is 1. The second kappa shape index (κ2) is 9.42. The molecule has 1 saturated heterocycles. The van der Waals surface area contributed by atoms with Crippen molar-refractivity contribution in [3.63, 3.8) is 0 Å². The molecular formula is C21H30N4OS. The number of nitrogens with one attached hydrogen (secondary N) is 1. The zero-order valence-electron chi connectivity index (χ0n) is 16.6. The molecular weight excluding hydrogens is 356 g/mol. The van der Waals surface area contributed by atoms with Crippen molar-refractivity contribution < 1.29 is 4.79 Å². The number of piperidine rings is 1. The molecule has 0 radical (unpaired) electrons. The first-order valence-corrected chi connectivity index (χ1v) is 10.7. The summed E-state index contributed by atoms with van der Waals surface area (Å²) in [5.41, 5.74) is 3.53. The SMILES string of the molecule is Cc1ccc(C)c(-n2ccnc2SCC(=O)NCCN2CCC(C)CC2)c1. The fourth-order valence-corrected chi connectivity index (χ4v) is 4.18. The predicted molar refractivity (Wildman–Crippen MR) is 112 cm³/mol. The van der Waals surface area contributed by atoms with Crippen molar-refractivity contribution in [3.05, 3.63) is 41.7 Å². The number of aromatic nitrogens is 2. The summed E-state index contributed by atoms with van der Waals surface area (Å²) in [5.74, 6) is 1.30. The van der Waals surface area contributed by atoms with E-state index < -0.39 is 0 Å². The standard InChI is InChI=1S/C21H30N4OS/c1-16-6-10-24(11-7-16)12-8-22-20(26)15-27-21-23-9-13-25(21)19-14-17(2)4-5-18(19)3/h4-5,9,13-14,16H,6-8,10-12,15H2,1-3H3,(H,22,26). The van der Waals surface area contributed by atoms with Gasteiger partial charge in [0.15, 0.2) is 5.16 Å². The van der Waals surface area contributed by atoms with Gasteiger partial charge in [0.1, 0.15) is 0 Å². The Hall–Kier alpha value is -1.79. The minimum Gasteiger partial charge on any atom is -0.354 e. The third kappa shape index (κ3) is 5.59. The number of carbonyl (C=O) groups excluding carboxylic acids is 1. The van der Waals surface area contributed by atoms with Gasteiger partial charge in [0.05, 0.1) is 11.4 Å². The van der Waals surface area contributed by atoms with Crippen molar-refractivity contribution in [1.29, 1.82) is 0 Å². The number of likely N-dealkylation sites (tertiary alicyclic amines) is 1. The van der Waals surface area contributed by atoms with Gasteiger partial charge in [-0.15, -0.1) is 0 Å². The molecule has 1 aliphatic rings. The Labute approximate surface area is 166 Å². The Balaban J connectivity index is 1.47. The highest BCUT2D eigenvalue weighted by molar-refractivity contribution is 7.99. The average molecular weight is 387 g/mol. The van der Waals surface area contributed by atoms with Gasteiger partial charge in [0, 0.05) is 25.5 Å². The second-order valence-corrected chi connectivity index (χ2v) is 8.48. The molecule has 0 unspecified atom stereocenters. The van der Waals surface area contributed by atoms with Crippen molar-refractivity contribution in [3.8, 4) is 5.69 Å². The first-order valence-electron chi connectivity index (χ1n) is 9.76. The Bertz CT molecular complexity index is 765. The van der Waals surface area contributed by atoms with Crippen LogP contribution in [0.1, 0.15) is 30.9 Å². The van der Waals surface area contributed by atoms with E-state index in [0.717, 1.165) is 42.9 Å². The van der Waals surface area contributed by atoms with Gasteiger partial charge in [-0.05, 0) is 62.9 Å². The first kappa shape index (κ1) is 20.0.